The van der Waals surface area contributed by atoms with Crippen molar-refractivity contribution in [3.63, 3.8) is 0 Å². The maximum atomic E-state index is 12.9. The molecule has 8 nitrogen and oxygen atoms in total. The van der Waals surface area contributed by atoms with E-state index in [9.17, 15) is 9.59 Å². The number of aryl methyl sites for hydroxylation is 1. The predicted octanol–water partition coefficient (Wildman–Crippen LogP) is 4.09. The Hall–Kier alpha value is -3.59. The van der Waals surface area contributed by atoms with Crippen LogP contribution in [-0.4, -0.2) is 38.1 Å². The molecule has 1 atom stereocenters. The first kappa shape index (κ1) is 21.6. The zero-order chi connectivity index (χ0) is 22.7. The molecule has 1 unspecified atom stereocenters. The second-order valence-electron chi connectivity index (χ2n) is 7.20. The number of rotatable bonds is 7. The van der Waals surface area contributed by atoms with Crippen molar-refractivity contribution in [3.05, 3.63) is 58.6 Å². The van der Waals surface area contributed by atoms with Crippen LogP contribution in [0.1, 0.15) is 33.3 Å². The summed E-state index contributed by atoms with van der Waals surface area (Å²) in [5.74, 6) is 0.887. The van der Waals surface area contributed by atoms with Gasteiger partial charge in [-0.05, 0) is 37.1 Å². The number of hydrogen-bond acceptors (Lipinski definition) is 7. The lowest BCUT2D eigenvalue weighted by Crippen LogP contribution is -2.20. The van der Waals surface area contributed by atoms with E-state index < -0.39 is 0 Å². The smallest absolute Gasteiger partial charge is 0.257 e. The molecule has 1 aliphatic carbocycles. The summed E-state index contributed by atoms with van der Waals surface area (Å²) < 4.78 is 15.7. The first-order valence-electron chi connectivity index (χ1n) is 9.99. The average molecular weight is 454 g/mol. The van der Waals surface area contributed by atoms with Gasteiger partial charge in [0.25, 0.3) is 5.91 Å². The summed E-state index contributed by atoms with van der Waals surface area (Å²) in [6.07, 6.45) is 1.43. The van der Waals surface area contributed by atoms with Gasteiger partial charge in [0.1, 0.15) is 17.2 Å². The fourth-order valence-corrected chi connectivity index (χ4v) is 4.61. The van der Waals surface area contributed by atoms with Crippen LogP contribution in [0.25, 0.3) is 0 Å². The lowest BCUT2D eigenvalue weighted by Gasteiger charge is -2.11. The fourth-order valence-electron chi connectivity index (χ4n) is 3.57. The Kier molecular flexibility index (Phi) is 6.27. The van der Waals surface area contributed by atoms with Crippen LogP contribution in [0.3, 0.4) is 0 Å². The SMILES string of the molecule is COc1cccc(NC(=O)C2CCc3sc(NC(=O)c4cc(OC)cc(OC)c4)nc32)c1. The van der Waals surface area contributed by atoms with E-state index in [0.717, 1.165) is 11.3 Å². The number of benzene rings is 2. The van der Waals surface area contributed by atoms with E-state index in [1.165, 1.54) is 25.6 Å². The minimum Gasteiger partial charge on any atom is -0.497 e. The Morgan fingerprint density at radius 1 is 0.969 bits per heavy atom. The molecule has 9 heteroatoms. The molecule has 1 aromatic heterocycles. The van der Waals surface area contributed by atoms with Gasteiger partial charge in [0, 0.05) is 28.3 Å². The molecule has 1 heterocycles. The van der Waals surface area contributed by atoms with Crippen molar-refractivity contribution in [2.24, 2.45) is 0 Å². The highest BCUT2D eigenvalue weighted by atomic mass is 32.1. The highest BCUT2D eigenvalue weighted by Crippen LogP contribution is 2.39. The quantitative estimate of drug-likeness (QED) is 0.559. The lowest BCUT2D eigenvalue weighted by atomic mass is 10.1. The van der Waals surface area contributed by atoms with Gasteiger partial charge in [-0.15, -0.1) is 11.3 Å². The highest BCUT2D eigenvalue weighted by Gasteiger charge is 2.33. The number of methoxy groups -OCH3 is 3. The molecular weight excluding hydrogens is 430 g/mol. The van der Waals surface area contributed by atoms with Crippen molar-refractivity contribution >= 4 is 34.0 Å². The number of anilines is 2. The number of ether oxygens (including phenoxy) is 3. The fraction of sp³-hybridized carbons (Fsp3) is 0.261. The van der Waals surface area contributed by atoms with Crippen molar-refractivity contribution in [2.75, 3.05) is 32.0 Å². The zero-order valence-electron chi connectivity index (χ0n) is 17.9. The number of aromatic nitrogens is 1. The molecule has 0 aliphatic heterocycles. The summed E-state index contributed by atoms with van der Waals surface area (Å²) in [5, 5.41) is 6.21. The number of carbonyl (C=O) groups is 2. The third-order valence-corrected chi connectivity index (χ3v) is 6.25. The number of thiazole rings is 1. The maximum Gasteiger partial charge on any atom is 0.257 e. The largest absolute Gasteiger partial charge is 0.497 e. The molecule has 0 radical (unpaired) electrons. The first-order chi connectivity index (χ1) is 15.5. The Balaban J connectivity index is 1.48. The molecule has 0 fully saturated rings. The lowest BCUT2D eigenvalue weighted by molar-refractivity contribution is -0.117. The van der Waals surface area contributed by atoms with E-state index in [1.807, 2.05) is 18.2 Å². The molecule has 0 bridgehead atoms. The second-order valence-corrected chi connectivity index (χ2v) is 8.28. The Labute approximate surface area is 189 Å². The summed E-state index contributed by atoms with van der Waals surface area (Å²) in [7, 11) is 4.63. The van der Waals surface area contributed by atoms with Crippen molar-refractivity contribution in [3.8, 4) is 17.2 Å². The normalized spacial score (nSPS) is 14.4. The molecule has 32 heavy (non-hydrogen) atoms. The number of hydrogen-bond donors (Lipinski definition) is 2. The summed E-state index contributed by atoms with van der Waals surface area (Å²) in [6.45, 7) is 0. The molecule has 2 amide bonds. The van der Waals surface area contributed by atoms with E-state index in [4.69, 9.17) is 14.2 Å². The number of nitrogens with zero attached hydrogens (tertiary/aromatic N) is 1. The van der Waals surface area contributed by atoms with Gasteiger partial charge in [0.15, 0.2) is 5.13 Å². The van der Waals surface area contributed by atoms with Crippen LogP contribution in [0.5, 0.6) is 17.2 Å². The highest BCUT2D eigenvalue weighted by molar-refractivity contribution is 7.16. The Bertz CT molecular complexity index is 1140. The van der Waals surface area contributed by atoms with Crippen LogP contribution >= 0.6 is 11.3 Å². The monoisotopic (exact) mass is 453 g/mol. The number of amides is 2. The molecule has 0 spiro atoms. The van der Waals surface area contributed by atoms with Crippen LogP contribution in [-0.2, 0) is 11.2 Å². The average Bonchev–Trinajstić information content (AvgIpc) is 3.38. The number of nitrogens with one attached hydrogen (secondary N) is 2. The van der Waals surface area contributed by atoms with Crippen LogP contribution in [0, 0.1) is 0 Å². The molecule has 0 saturated heterocycles. The van der Waals surface area contributed by atoms with E-state index >= 15 is 0 Å². The van der Waals surface area contributed by atoms with Gasteiger partial charge in [-0.25, -0.2) is 4.98 Å². The van der Waals surface area contributed by atoms with Crippen LogP contribution in [0.15, 0.2) is 42.5 Å². The van der Waals surface area contributed by atoms with Gasteiger partial charge in [-0.3, -0.25) is 14.9 Å². The van der Waals surface area contributed by atoms with E-state index in [-0.39, 0.29) is 17.7 Å². The van der Waals surface area contributed by atoms with Gasteiger partial charge >= 0.3 is 0 Å². The standard InChI is InChI=1S/C23H23N3O5S/c1-29-15-6-4-5-14(11-15)24-22(28)18-7-8-19-20(18)25-23(32-19)26-21(27)13-9-16(30-2)12-17(10-13)31-3/h4-6,9-12,18H,7-8H2,1-3H3,(H,24,28)(H,25,26,27). The summed E-state index contributed by atoms with van der Waals surface area (Å²) >= 11 is 1.39. The van der Waals surface area contributed by atoms with Crippen molar-refractivity contribution in [1.29, 1.82) is 0 Å². The van der Waals surface area contributed by atoms with Gasteiger partial charge in [-0.1, -0.05) is 6.07 Å². The molecule has 166 valence electrons. The number of carbonyl (C=O) groups excluding carboxylic acids is 2. The van der Waals surface area contributed by atoms with Crippen LogP contribution < -0.4 is 24.8 Å². The summed E-state index contributed by atoms with van der Waals surface area (Å²) in [6, 6.07) is 12.2. The van der Waals surface area contributed by atoms with E-state index in [2.05, 4.69) is 15.6 Å². The molecule has 2 N–H and O–H groups in total. The maximum absolute atomic E-state index is 12.9. The Morgan fingerprint density at radius 2 is 1.69 bits per heavy atom. The van der Waals surface area contributed by atoms with Gasteiger partial charge in [-0.2, -0.15) is 0 Å². The first-order valence-corrected chi connectivity index (χ1v) is 10.8. The second kappa shape index (κ2) is 9.27. The van der Waals surface area contributed by atoms with Gasteiger partial charge < -0.3 is 19.5 Å². The number of fused-ring (bicyclic) bond motifs is 1. The molecule has 1 aliphatic rings. The molecular formula is C23H23N3O5S. The van der Waals surface area contributed by atoms with Gasteiger partial charge in [0.05, 0.1) is 32.9 Å². The van der Waals surface area contributed by atoms with Gasteiger partial charge in [0.2, 0.25) is 5.91 Å². The van der Waals surface area contributed by atoms with E-state index in [0.29, 0.717) is 45.7 Å². The predicted molar refractivity (Wildman–Crippen MR) is 122 cm³/mol. The third kappa shape index (κ3) is 4.52. The molecule has 2 aromatic carbocycles. The van der Waals surface area contributed by atoms with Crippen molar-refractivity contribution in [1.82, 2.24) is 4.98 Å². The van der Waals surface area contributed by atoms with Crippen molar-refractivity contribution < 1.29 is 23.8 Å². The zero-order valence-corrected chi connectivity index (χ0v) is 18.7. The molecule has 3 aromatic rings. The Morgan fingerprint density at radius 3 is 2.38 bits per heavy atom. The van der Waals surface area contributed by atoms with E-state index in [1.54, 1.807) is 31.4 Å². The van der Waals surface area contributed by atoms with Crippen LogP contribution in [0.2, 0.25) is 0 Å². The molecule has 4 rings (SSSR count). The summed E-state index contributed by atoms with van der Waals surface area (Å²) in [5.41, 5.74) is 1.77. The topological polar surface area (TPSA) is 98.8 Å². The molecule has 0 saturated carbocycles. The minimum absolute atomic E-state index is 0.127. The third-order valence-electron chi connectivity index (χ3n) is 5.21. The summed E-state index contributed by atoms with van der Waals surface area (Å²) in [4.78, 5) is 31.2. The van der Waals surface area contributed by atoms with Crippen molar-refractivity contribution in [2.45, 2.75) is 18.8 Å². The minimum atomic E-state index is -0.366. The van der Waals surface area contributed by atoms with Crippen LogP contribution in [0.4, 0.5) is 10.8 Å².